The van der Waals surface area contributed by atoms with Gasteiger partial charge in [0.15, 0.2) is 6.61 Å². The Labute approximate surface area is 197 Å². The maximum Gasteiger partial charge on any atom is 0.262 e. The summed E-state index contributed by atoms with van der Waals surface area (Å²) >= 11 is 0. The largest absolute Gasteiger partial charge is 0.497 e. The first-order valence-electron chi connectivity index (χ1n) is 10.6. The van der Waals surface area contributed by atoms with E-state index in [4.69, 9.17) is 9.47 Å². The summed E-state index contributed by atoms with van der Waals surface area (Å²) in [7, 11) is 1.56. The summed E-state index contributed by atoms with van der Waals surface area (Å²) in [6.07, 6.45) is 3.60. The summed E-state index contributed by atoms with van der Waals surface area (Å²) < 4.78 is 12.4. The van der Waals surface area contributed by atoms with Crippen molar-refractivity contribution in [1.29, 1.82) is 0 Å². The molecule has 0 unspecified atom stereocenters. The molecule has 3 aromatic carbocycles. The van der Waals surface area contributed by atoms with Crippen molar-refractivity contribution in [2.24, 2.45) is 0 Å². The zero-order valence-electron chi connectivity index (χ0n) is 18.6. The van der Waals surface area contributed by atoms with Gasteiger partial charge in [-0.15, -0.1) is 0 Å². The molecule has 0 bridgehead atoms. The molecule has 4 aromatic rings. The molecule has 1 aromatic heterocycles. The van der Waals surface area contributed by atoms with Crippen molar-refractivity contribution in [3.8, 4) is 17.2 Å². The number of rotatable bonds is 9. The van der Waals surface area contributed by atoms with E-state index < -0.39 is 0 Å². The molecule has 0 spiro atoms. The van der Waals surface area contributed by atoms with Gasteiger partial charge in [-0.3, -0.25) is 9.59 Å². The minimum Gasteiger partial charge on any atom is -0.497 e. The molecule has 0 aliphatic carbocycles. The predicted octanol–water partition coefficient (Wildman–Crippen LogP) is 3.83. The number of benzene rings is 3. The summed E-state index contributed by atoms with van der Waals surface area (Å²) in [5.41, 5.74) is 3.05. The van der Waals surface area contributed by atoms with Gasteiger partial charge in [0.25, 0.3) is 11.8 Å². The van der Waals surface area contributed by atoms with Crippen LogP contribution in [0.2, 0.25) is 0 Å². The summed E-state index contributed by atoms with van der Waals surface area (Å²) in [6.45, 7) is 0.248. The fraction of sp³-hybridized carbons (Fsp3) is 0.115. The van der Waals surface area contributed by atoms with Crippen LogP contribution in [-0.4, -0.2) is 35.3 Å². The molecule has 0 saturated carbocycles. The Morgan fingerprint density at radius 1 is 0.941 bits per heavy atom. The van der Waals surface area contributed by atoms with Crippen LogP contribution < -0.4 is 20.1 Å². The zero-order valence-corrected chi connectivity index (χ0v) is 18.6. The lowest BCUT2D eigenvalue weighted by Gasteiger charge is -2.10. The molecule has 0 aliphatic heterocycles. The third-order valence-electron chi connectivity index (χ3n) is 5.00. The molecule has 4 rings (SSSR count). The molecule has 8 nitrogen and oxygen atoms in total. The Morgan fingerprint density at radius 3 is 2.44 bits per heavy atom. The zero-order chi connectivity index (χ0) is 23.8. The van der Waals surface area contributed by atoms with Crippen molar-refractivity contribution in [1.82, 2.24) is 15.1 Å². The van der Waals surface area contributed by atoms with Crippen LogP contribution in [0.5, 0.6) is 11.5 Å². The van der Waals surface area contributed by atoms with Crippen LogP contribution in [0, 0.1) is 0 Å². The molecule has 2 amide bonds. The molecule has 0 fully saturated rings. The van der Waals surface area contributed by atoms with Gasteiger partial charge in [-0.05, 0) is 60.2 Å². The number of carbonyl (C=O) groups is 2. The second-order valence-electron chi connectivity index (χ2n) is 7.39. The van der Waals surface area contributed by atoms with Crippen molar-refractivity contribution in [2.45, 2.75) is 6.54 Å². The Kier molecular flexibility index (Phi) is 7.19. The molecule has 0 saturated heterocycles. The molecule has 0 radical (unpaired) electrons. The van der Waals surface area contributed by atoms with Gasteiger partial charge in [0.1, 0.15) is 11.5 Å². The van der Waals surface area contributed by atoms with Crippen molar-refractivity contribution in [3.63, 3.8) is 0 Å². The Hall–Kier alpha value is -4.59. The predicted molar refractivity (Wildman–Crippen MR) is 128 cm³/mol. The van der Waals surface area contributed by atoms with E-state index in [0.29, 0.717) is 29.3 Å². The fourth-order valence-electron chi connectivity index (χ4n) is 3.22. The number of hydrogen-bond acceptors (Lipinski definition) is 5. The van der Waals surface area contributed by atoms with Gasteiger partial charge < -0.3 is 20.1 Å². The maximum absolute atomic E-state index is 12.5. The normalized spacial score (nSPS) is 10.4. The number of aromatic nitrogens is 2. The number of carbonyl (C=O) groups excluding carboxylic acids is 2. The highest BCUT2D eigenvalue weighted by atomic mass is 16.5. The van der Waals surface area contributed by atoms with Crippen LogP contribution >= 0.6 is 0 Å². The Bertz CT molecular complexity index is 1240. The Morgan fingerprint density at radius 2 is 1.74 bits per heavy atom. The van der Waals surface area contributed by atoms with Crippen molar-refractivity contribution >= 4 is 17.5 Å². The van der Waals surface area contributed by atoms with Crippen molar-refractivity contribution in [3.05, 3.63) is 102 Å². The maximum atomic E-state index is 12.5. The first-order chi connectivity index (χ1) is 16.6. The third kappa shape index (κ3) is 6.01. The summed E-state index contributed by atoms with van der Waals surface area (Å²) in [4.78, 5) is 24.6. The van der Waals surface area contributed by atoms with E-state index in [1.807, 2.05) is 36.5 Å². The van der Waals surface area contributed by atoms with Gasteiger partial charge in [-0.2, -0.15) is 5.10 Å². The number of amides is 2. The van der Waals surface area contributed by atoms with E-state index >= 15 is 0 Å². The van der Waals surface area contributed by atoms with Gasteiger partial charge >= 0.3 is 0 Å². The van der Waals surface area contributed by atoms with Crippen LogP contribution in [-0.2, 0) is 11.3 Å². The van der Waals surface area contributed by atoms with Crippen LogP contribution in [0.1, 0.15) is 15.9 Å². The van der Waals surface area contributed by atoms with E-state index in [0.717, 1.165) is 11.3 Å². The molecule has 1 heterocycles. The van der Waals surface area contributed by atoms with Gasteiger partial charge in [0, 0.05) is 36.3 Å². The van der Waals surface area contributed by atoms with Crippen LogP contribution in [0.3, 0.4) is 0 Å². The van der Waals surface area contributed by atoms with E-state index in [1.165, 1.54) is 0 Å². The number of nitrogens with zero attached hydrogens (tertiary/aromatic N) is 2. The molecule has 0 aliphatic rings. The van der Waals surface area contributed by atoms with Crippen molar-refractivity contribution < 1.29 is 19.1 Å². The van der Waals surface area contributed by atoms with E-state index in [-0.39, 0.29) is 18.4 Å². The lowest BCUT2D eigenvalue weighted by Crippen LogP contribution is -2.23. The number of ether oxygens (including phenoxy) is 2. The highest BCUT2D eigenvalue weighted by Gasteiger charge is 2.08. The van der Waals surface area contributed by atoms with Gasteiger partial charge in [0.05, 0.1) is 12.8 Å². The number of hydrogen-bond donors (Lipinski definition) is 2. The topological polar surface area (TPSA) is 94.5 Å². The lowest BCUT2D eigenvalue weighted by molar-refractivity contribution is -0.118. The van der Waals surface area contributed by atoms with Crippen LogP contribution in [0.4, 0.5) is 5.69 Å². The van der Waals surface area contributed by atoms with E-state index in [9.17, 15) is 9.59 Å². The highest BCUT2D eigenvalue weighted by Crippen LogP contribution is 2.17. The molecular weight excluding hydrogens is 432 g/mol. The second kappa shape index (κ2) is 10.8. The Balaban J connectivity index is 1.24. The molecule has 2 N–H and O–H groups in total. The van der Waals surface area contributed by atoms with Gasteiger partial charge in [0.2, 0.25) is 0 Å². The standard InChI is InChI=1S/C26H24N4O4/c1-33-24-5-2-4-21(16-24)29-25(31)18-34-23-12-8-20(9-13-23)26(32)27-17-19-6-10-22(11-7-19)30-15-3-14-28-30/h2-16H,17-18H2,1H3,(H,27,32)(H,29,31). The minimum atomic E-state index is -0.298. The molecular formula is C26H24N4O4. The number of nitrogens with one attached hydrogen (secondary N) is 2. The SMILES string of the molecule is COc1cccc(NC(=O)COc2ccc(C(=O)NCc3ccc(-n4cccn4)cc3)cc2)c1. The minimum absolute atomic E-state index is 0.155. The van der Waals surface area contributed by atoms with Gasteiger partial charge in [-0.25, -0.2) is 4.68 Å². The highest BCUT2D eigenvalue weighted by molar-refractivity contribution is 5.94. The van der Waals surface area contributed by atoms with E-state index in [2.05, 4.69) is 15.7 Å². The van der Waals surface area contributed by atoms with Gasteiger partial charge in [-0.1, -0.05) is 18.2 Å². The molecule has 0 atom stereocenters. The number of anilines is 1. The van der Waals surface area contributed by atoms with Crippen molar-refractivity contribution in [2.75, 3.05) is 19.0 Å². The van der Waals surface area contributed by atoms with E-state index in [1.54, 1.807) is 66.5 Å². The molecule has 8 heteroatoms. The van der Waals surface area contributed by atoms with Crippen LogP contribution in [0.15, 0.2) is 91.3 Å². The molecule has 34 heavy (non-hydrogen) atoms. The fourth-order valence-corrected chi connectivity index (χ4v) is 3.22. The second-order valence-corrected chi connectivity index (χ2v) is 7.39. The first-order valence-corrected chi connectivity index (χ1v) is 10.6. The monoisotopic (exact) mass is 456 g/mol. The first kappa shape index (κ1) is 22.6. The summed E-state index contributed by atoms with van der Waals surface area (Å²) in [5.74, 6) is 0.650. The van der Waals surface area contributed by atoms with Crippen LogP contribution in [0.25, 0.3) is 5.69 Å². The number of methoxy groups -OCH3 is 1. The quantitative estimate of drug-likeness (QED) is 0.399. The summed E-state index contributed by atoms with van der Waals surface area (Å²) in [5, 5.41) is 9.84. The third-order valence-corrected chi connectivity index (χ3v) is 5.00. The average molecular weight is 457 g/mol. The lowest BCUT2D eigenvalue weighted by atomic mass is 10.1. The average Bonchev–Trinajstić information content (AvgIpc) is 3.42. The smallest absolute Gasteiger partial charge is 0.262 e. The summed E-state index contributed by atoms with van der Waals surface area (Å²) in [6, 6.07) is 23.4. The molecule has 172 valence electrons.